The van der Waals surface area contributed by atoms with Crippen LogP contribution in [-0.2, 0) is 21.0 Å². The summed E-state index contributed by atoms with van der Waals surface area (Å²) in [5, 5.41) is 4.30. The van der Waals surface area contributed by atoms with Crippen molar-refractivity contribution in [1.82, 2.24) is 0 Å². The van der Waals surface area contributed by atoms with Crippen LogP contribution in [0.1, 0.15) is 91.1 Å². The van der Waals surface area contributed by atoms with Gasteiger partial charge in [0.05, 0.1) is 0 Å². The molecule has 0 bridgehead atoms. The molecule has 5 aromatic rings. The van der Waals surface area contributed by atoms with Gasteiger partial charge in [0.15, 0.2) is 0 Å². The number of aryl methyl sites for hydroxylation is 2. The molecule has 47 heavy (non-hydrogen) atoms. The third-order valence-corrected chi connectivity index (χ3v) is 13.2. The summed E-state index contributed by atoms with van der Waals surface area (Å²) in [5.41, 5.74) is 10.9. The van der Waals surface area contributed by atoms with Crippen LogP contribution in [0.25, 0.3) is 0 Å². The molecule has 0 radical (unpaired) electrons. The summed E-state index contributed by atoms with van der Waals surface area (Å²) in [4.78, 5) is 5.31. The lowest BCUT2D eigenvalue weighted by Crippen LogP contribution is -2.34. The molecule has 0 amide bonds. The molecule has 0 aromatic heterocycles. The molecule has 2 aliphatic carbocycles. The van der Waals surface area contributed by atoms with E-state index in [2.05, 4.69) is 157 Å². The van der Waals surface area contributed by atoms with E-state index in [9.17, 15) is 0 Å². The molecule has 3 aliphatic rings. The lowest BCUT2D eigenvalue weighted by molar-refractivity contribution is 0.318. The number of hydrogen-bond acceptors (Lipinski definition) is 2. The van der Waals surface area contributed by atoms with Crippen molar-refractivity contribution < 1.29 is 4.74 Å². The van der Waals surface area contributed by atoms with E-state index in [1.807, 2.05) is 0 Å². The summed E-state index contributed by atoms with van der Waals surface area (Å²) in [6.45, 7) is 15.0. The van der Waals surface area contributed by atoms with E-state index in [4.69, 9.17) is 9.73 Å². The van der Waals surface area contributed by atoms with Crippen molar-refractivity contribution in [3.05, 3.63) is 160 Å². The van der Waals surface area contributed by atoms with Gasteiger partial charge in [-0.2, -0.15) is 0 Å². The molecule has 0 unspecified atom stereocenters. The zero-order valence-electron chi connectivity index (χ0n) is 28.5. The predicted molar refractivity (Wildman–Crippen MR) is 199 cm³/mol. The molecule has 5 aromatic carbocycles. The number of ether oxygens (including phenoxy) is 1. The third kappa shape index (κ3) is 4.91. The third-order valence-electron chi connectivity index (χ3n) is 10.8. The molecule has 8 rings (SSSR count). The predicted octanol–water partition coefficient (Wildman–Crippen LogP) is 9.23. The molecule has 0 saturated heterocycles. The summed E-state index contributed by atoms with van der Waals surface area (Å²) in [6, 6.07) is 43.0. The topological polar surface area (TPSA) is 21.6 Å². The highest BCUT2D eigenvalue weighted by molar-refractivity contribution is 7.80. The Kier molecular flexibility index (Phi) is 7.12. The van der Waals surface area contributed by atoms with Gasteiger partial charge in [0.2, 0.25) is 5.90 Å². The van der Waals surface area contributed by atoms with Gasteiger partial charge in [-0.15, -0.1) is 0 Å². The minimum Gasteiger partial charge on any atom is -0.475 e. The lowest BCUT2D eigenvalue weighted by Gasteiger charge is -2.34. The molecule has 1 aliphatic heterocycles. The van der Waals surface area contributed by atoms with Crippen LogP contribution in [0.5, 0.6) is 0 Å². The van der Waals surface area contributed by atoms with E-state index in [1.165, 1.54) is 54.9 Å². The van der Waals surface area contributed by atoms with Crippen LogP contribution in [0.2, 0.25) is 0 Å². The van der Waals surface area contributed by atoms with Crippen LogP contribution in [0, 0.1) is 13.8 Å². The number of aliphatic imine (C=N–C) groups is 1. The van der Waals surface area contributed by atoms with E-state index in [0.717, 1.165) is 18.7 Å². The Hall–Kier alpha value is -4.00. The van der Waals surface area contributed by atoms with Crippen molar-refractivity contribution in [3.63, 3.8) is 0 Å². The molecule has 0 N–H and O–H groups in total. The molecule has 0 fully saturated rings. The summed E-state index contributed by atoms with van der Waals surface area (Å²) in [7, 11) is -0.794. The average molecular weight is 634 g/mol. The molecule has 2 nitrogen and oxygen atoms in total. The first-order valence-corrected chi connectivity index (χ1v) is 18.4. The highest BCUT2D eigenvalue weighted by atomic mass is 31.1. The Balaban J connectivity index is 1.42. The van der Waals surface area contributed by atoms with Crippen LogP contribution >= 0.6 is 7.92 Å². The highest BCUT2D eigenvalue weighted by Gasteiger charge is 2.59. The molecular weight excluding hydrogens is 589 g/mol. The molecule has 236 valence electrons. The summed E-state index contributed by atoms with van der Waals surface area (Å²) in [5.74, 6) is 0.809. The Morgan fingerprint density at radius 3 is 1.72 bits per heavy atom. The minimum absolute atomic E-state index is 0.00377. The Morgan fingerprint density at radius 1 is 0.638 bits per heavy atom. The first kappa shape index (κ1) is 30.3. The zero-order chi connectivity index (χ0) is 32.6. The van der Waals surface area contributed by atoms with Gasteiger partial charge in [-0.3, -0.25) is 0 Å². The van der Waals surface area contributed by atoms with Crippen molar-refractivity contribution in [2.45, 2.75) is 76.7 Å². The van der Waals surface area contributed by atoms with Crippen molar-refractivity contribution in [2.24, 2.45) is 4.99 Å². The van der Waals surface area contributed by atoms with Gasteiger partial charge in [0.1, 0.15) is 12.6 Å². The Labute approximate surface area is 281 Å². The molecule has 1 spiro atoms. The Bertz CT molecular complexity index is 1970. The molecule has 3 heteroatoms. The number of fused-ring (bicyclic) bond motifs is 4. The largest absolute Gasteiger partial charge is 0.475 e. The van der Waals surface area contributed by atoms with Gasteiger partial charge in [0.25, 0.3) is 0 Å². The fourth-order valence-electron chi connectivity index (χ4n) is 9.17. The van der Waals surface area contributed by atoms with Crippen LogP contribution < -0.4 is 15.9 Å². The van der Waals surface area contributed by atoms with E-state index >= 15 is 0 Å². The first-order chi connectivity index (χ1) is 22.6. The van der Waals surface area contributed by atoms with Crippen molar-refractivity contribution >= 4 is 29.7 Å². The van der Waals surface area contributed by atoms with E-state index in [1.54, 1.807) is 5.56 Å². The zero-order valence-corrected chi connectivity index (χ0v) is 29.4. The molecular formula is C44H44NOP. The standard InChI is InChI=1S/C44H44NOP/c1-29-22-34(41-45-37(26-46-41)31-16-10-7-11-17-31)39-35(23-29)42(3,4)27-44(39)28-43(5,6)36-24-30(2)25-38(40(36)44)47(32-18-12-8-13-19-32)33-20-14-9-15-21-33/h7-25,37H,26-28H2,1-6H3/t37-,44-/m1/s1. The van der Waals surface area contributed by atoms with Gasteiger partial charge in [-0.25, -0.2) is 4.99 Å². The van der Waals surface area contributed by atoms with Gasteiger partial charge in [-0.05, 0) is 95.2 Å². The van der Waals surface area contributed by atoms with Gasteiger partial charge < -0.3 is 4.74 Å². The van der Waals surface area contributed by atoms with Crippen molar-refractivity contribution in [2.75, 3.05) is 6.61 Å². The number of rotatable bonds is 5. The van der Waals surface area contributed by atoms with Crippen LogP contribution in [0.4, 0.5) is 0 Å². The second-order valence-electron chi connectivity index (χ2n) is 15.3. The van der Waals surface area contributed by atoms with E-state index < -0.39 is 7.92 Å². The van der Waals surface area contributed by atoms with E-state index in [0.29, 0.717) is 6.61 Å². The van der Waals surface area contributed by atoms with Crippen molar-refractivity contribution in [3.8, 4) is 0 Å². The average Bonchev–Trinajstić information content (AvgIpc) is 3.69. The maximum Gasteiger partial charge on any atom is 0.217 e. The lowest BCUT2D eigenvalue weighted by atomic mass is 9.71. The smallest absolute Gasteiger partial charge is 0.217 e. The molecule has 1 heterocycles. The monoisotopic (exact) mass is 633 g/mol. The van der Waals surface area contributed by atoms with E-state index in [-0.39, 0.29) is 22.3 Å². The second-order valence-corrected chi connectivity index (χ2v) is 17.5. The highest BCUT2D eigenvalue weighted by Crippen LogP contribution is 2.64. The quantitative estimate of drug-likeness (QED) is 0.177. The van der Waals surface area contributed by atoms with Crippen LogP contribution in [-0.4, -0.2) is 12.5 Å². The fourth-order valence-corrected chi connectivity index (χ4v) is 11.9. The number of hydrogen-bond donors (Lipinski definition) is 0. The van der Waals surface area contributed by atoms with Gasteiger partial charge in [-0.1, -0.05) is 148 Å². The number of nitrogens with zero attached hydrogens (tertiary/aromatic N) is 1. The number of benzene rings is 5. The normalized spacial score (nSPS) is 21.9. The summed E-state index contributed by atoms with van der Waals surface area (Å²) in [6.07, 6.45) is 2.14. The summed E-state index contributed by atoms with van der Waals surface area (Å²) < 4.78 is 6.59. The van der Waals surface area contributed by atoms with Gasteiger partial charge in [0, 0.05) is 11.0 Å². The minimum atomic E-state index is -0.794. The summed E-state index contributed by atoms with van der Waals surface area (Å²) >= 11 is 0. The maximum atomic E-state index is 6.59. The molecule has 2 atom stereocenters. The fraction of sp³-hybridized carbons (Fsp3) is 0.295. The Morgan fingerprint density at radius 2 is 1.15 bits per heavy atom. The van der Waals surface area contributed by atoms with Crippen molar-refractivity contribution in [1.29, 1.82) is 0 Å². The van der Waals surface area contributed by atoms with Crippen LogP contribution in [0.15, 0.2) is 120 Å². The maximum absolute atomic E-state index is 6.59. The van der Waals surface area contributed by atoms with Gasteiger partial charge >= 0.3 is 0 Å². The SMILES string of the molecule is Cc1cc(C2=N[C@@H](c3ccccc3)CO2)c2c(c1)C(C)(C)C[C@@]21CC(C)(C)c2cc(C)cc(P(c3ccccc3)c3ccccc3)c21. The van der Waals surface area contributed by atoms with Crippen LogP contribution in [0.3, 0.4) is 0 Å². The molecule has 0 saturated carbocycles. The first-order valence-electron chi connectivity index (χ1n) is 17.0. The second kappa shape index (κ2) is 11.0.